The van der Waals surface area contributed by atoms with E-state index in [1.165, 1.54) is 0 Å². The fourth-order valence-corrected chi connectivity index (χ4v) is 13.1. The molecule has 33 nitrogen and oxygen atoms in total. The molecular weight excluding hydrogens is 1660 g/mol. The normalized spacial score (nSPS) is 13.4. The molecule has 4 aromatic carbocycles. The fourth-order valence-electron chi connectivity index (χ4n) is 12.2. The third-order valence-electron chi connectivity index (χ3n) is 18.9. The van der Waals surface area contributed by atoms with E-state index in [0.29, 0.717) is 117 Å². The molecular formula is C86H106Cl4N22O11. The molecule has 13 rings (SSSR count). The molecule has 37 heteroatoms. The Kier molecular flexibility index (Phi) is 34.1. The highest BCUT2D eigenvalue weighted by Gasteiger charge is 2.34. The maximum absolute atomic E-state index is 12.7. The number of hydrogen-bond acceptors (Lipinski definition) is 24. The van der Waals surface area contributed by atoms with Gasteiger partial charge in [-0.15, -0.1) is 40.8 Å². The summed E-state index contributed by atoms with van der Waals surface area (Å²) in [6.45, 7) is 17.7. The van der Waals surface area contributed by atoms with E-state index >= 15 is 0 Å². The van der Waals surface area contributed by atoms with Crippen LogP contribution in [-0.4, -0.2) is 168 Å². The number of alkyl carbamates (subject to hydrolysis) is 1. The Labute approximate surface area is 732 Å². The molecule has 1 saturated heterocycles. The zero-order chi connectivity index (χ0) is 88.4. The van der Waals surface area contributed by atoms with Gasteiger partial charge in [-0.05, 0) is 140 Å². The molecule has 12 aromatic rings. The highest BCUT2D eigenvalue weighted by atomic mass is 35.5. The monoisotopic (exact) mass is 1760 g/mol. The number of aliphatic hydroxyl groups is 1. The van der Waals surface area contributed by atoms with Crippen LogP contribution in [-0.2, 0) is 75.9 Å². The maximum Gasteiger partial charge on any atom is 0.407 e. The molecule has 0 saturated carbocycles. The van der Waals surface area contributed by atoms with E-state index in [0.717, 1.165) is 53.9 Å². The minimum atomic E-state index is -1.11. The molecule has 9 heterocycles. The molecule has 1 aliphatic heterocycles. The third kappa shape index (κ3) is 27.8. The van der Waals surface area contributed by atoms with Crippen molar-refractivity contribution in [2.24, 2.45) is 22.9 Å². The molecule has 1 fully saturated rings. The van der Waals surface area contributed by atoms with Crippen molar-refractivity contribution in [3.8, 4) is 0 Å². The standard InChI is InChI=1S/C25H34N6O5.C23H29ClN6O2.C19H21Cl2N5O2.C19H22ClN5O2/c1-25(2,26)23(33)28-20(17-35-15-18-9-4-3-5-10-18)22-30-29-21-12-8-11-19(31(21)22)16-36-24(34)27-13-6-7-14-32;1-23(2,25)22(31)26-18(15-32-14-16-8-4-3-5-9-16)20-27-28-21-19(29-10-6-7-11-29)12-17(24)13-30(20)21;1-19(2,22)18(27)23-15(11-28-10-12-6-4-3-5-7-12)17-25-24-16-14(21)8-13(20)9-26(16)17;1-19(2,21)18(26)22-15(12-27-11-13-6-4-3-5-7-13)17-24-23-16-9-8-14(20)10-25(16)17/h3-5,8-12,20,32H,6-7,13-17,26H2,1-2H3,(H,27,34)(H,28,33);3-5,8-9,12-13,18H,6-7,10-11,14-15,25H2,1-2H3,(H,26,31);3-9,15H,10-11,22H2,1-2H3,(H,23,27);3-10,15H,11-12,21H2,1-2H3,(H,22,26)/t20-;18-;2*15-/m1111/s1. The number of benzene rings is 4. The van der Waals surface area contributed by atoms with Crippen molar-refractivity contribution in [1.82, 2.24) is 85.0 Å². The van der Waals surface area contributed by atoms with Gasteiger partial charge >= 0.3 is 6.09 Å². The van der Waals surface area contributed by atoms with Gasteiger partial charge in [0, 0.05) is 44.8 Å². The van der Waals surface area contributed by atoms with Crippen molar-refractivity contribution in [1.29, 1.82) is 0 Å². The summed E-state index contributed by atoms with van der Waals surface area (Å²) in [4.78, 5) is 64.7. The third-order valence-corrected chi connectivity index (χ3v) is 19.8. The van der Waals surface area contributed by atoms with Crippen molar-refractivity contribution in [2.45, 2.75) is 160 Å². The zero-order valence-corrected chi connectivity index (χ0v) is 72.8. The quantitative estimate of drug-likeness (QED) is 0.0165. The summed E-state index contributed by atoms with van der Waals surface area (Å²) in [5, 5.41) is 59.1. The number of aliphatic hydroxyl groups excluding tert-OH is 1. The predicted molar refractivity (Wildman–Crippen MR) is 469 cm³/mol. The average molecular weight is 1770 g/mol. The summed E-state index contributed by atoms with van der Waals surface area (Å²) in [5.74, 6) is 0.628. The predicted octanol–water partition coefficient (Wildman–Crippen LogP) is 10.6. The summed E-state index contributed by atoms with van der Waals surface area (Å²) in [5.41, 5.74) is 27.6. The van der Waals surface area contributed by atoms with Gasteiger partial charge in [0.1, 0.15) is 30.8 Å². The van der Waals surface area contributed by atoms with Gasteiger partial charge in [-0.1, -0.05) is 174 Å². The van der Waals surface area contributed by atoms with Crippen LogP contribution >= 0.6 is 46.4 Å². The average Bonchev–Trinajstić information content (AvgIpc) is 1.63. The minimum absolute atomic E-state index is 0.0395. The minimum Gasteiger partial charge on any atom is -0.443 e. The van der Waals surface area contributed by atoms with Gasteiger partial charge in [0.25, 0.3) is 0 Å². The van der Waals surface area contributed by atoms with Gasteiger partial charge in [0.15, 0.2) is 45.9 Å². The molecule has 0 bridgehead atoms. The van der Waals surface area contributed by atoms with Crippen LogP contribution in [0.5, 0.6) is 0 Å². The second-order valence-electron chi connectivity index (χ2n) is 31.6. The number of carbonyl (C=O) groups is 5. The summed E-state index contributed by atoms with van der Waals surface area (Å²) >= 11 is 24.9. The first-order valence-corrected chi connectivity index (χ1v) is 41.4. The largest absolute Gasteiger partial charge is 0.443 e. The van der Waals surface area contributed by atoms with Gasteiger partial charge in [0.2, 0.25) is 23.6 Å². The van der Waals surface area contributed by atoms with E-state index in [1.807, 2.05) is 132 Å². The summed E-state index contributed by atoms with van der Waals surface area (Å²) in [6, 6.07) is 49.1. The van der Waals surface area contributed by atoms with Crippen LogP contribution in [0.4, 0.5) is 10.5 Å². The number of nitrogens with zero attached hydrogens (tertiary/aromatic N) is 13. The lowest BCUT2D eigenvalue weighted by molar-refractivity contribution is -0.127. The van der Waals surface area contributed by atoms with Crippen LogP contribution in [0.3, 0.4) is 0 Å². The Morgan fingerprint density at radius 2 is 0.805 bits per heavy atom. The lowest BCUT2D eigenvalue weighted by Crippen LogP contribution is -2.51. The number of rotatable bonds is 35. The Hall–Kier alpha value is -10.9. The Balaban J connectivity index is 0.000000173. The van der Waals surface area contributed by atoms with Gasteiger partial charge in [-0.25, -0.2) is 4.79 Å². The van der Waals surface area contributed by atoms with Gasteiger partial charge in [-0.2, -0.15) is 0 Å². The number of hydrogen-bond donors (Lipinski definition) is 10. The molecule has 1 aliphatic rings. The Bertz CT molecular complexity index is 5430. The number of amides is 5. The number of unbranched alkanes of at least 4 members (excludes halogenated alkanes) is 1. The highest BCUT2D eigenvalue weighted by Crippen LogP contribution is 2.31. The molecule has 654 valence electrons. The first kappa shape index (κ1) is 94.4. The molecule has 4 atom stereocenters. The van der Waals surface area contributed by atoms with E-state index < -0.39 is 52.4 Å². The summed E-state index contributed by atoms with van der Waals surface area (Å²) in [7, 11) is 0. The van der Waals surface area contributed by atoms with Crippen molar-refractivity contribution >= 4 is 104 Å². The van der Waals surface area contributed by atoms with E-state index in [1.54, 1.807) is 124 Å². The molecule has 8 aromatic heterocycles. The number of fused-ring (bicyclic) bond motifs is 4. The smallest absolute Gasteiger partial charge is 0.407 e. The zero-order valence-electron chi connectivity index (χ0n) is 69.8. The Morgan fingerprint density at radius 1 is 0.423 bits per heavy atom. The van der Waals surface area contributed by atoms with Gasteiger partial charge in [0.05, 0.1) is 106 Å². The topological polar surface area (TPSA) is 440 Å². The molecule has 0 aliphatic carbocycles. The lowest BCUT2D eigenvalue weighted by Gasteiger charge is -2.24. The number of pyridine rings is 4. The first-order chi connectivity index (χ1) is 58.7. The molecule has 0 spiro atoms. The van der Waals surface area contributed by atoms with Crippen LogP contribution in [0.25, 0.3) is 22.6 Å². The van der Waals surface area contributed by atoms with Crippen LogP contribution in [0, 0.1) is 0 Å². The number of ether oxygens (including phenoxy) is 5. The van der Waals surface area contributed by atoms with Crippen molar-refractivity contribution in [2.75, 3.05) is 57.6 Å². The number of nitrogens with one attached hydrogen (secondary N) is 5. The SMILES string of the molecule is CC(C)(N)C(=O)N[C@H](COCc1ccccc1)c1nnc2c(Cl)cc(Cl)cn12.CC(C)(N)C(=O)N[C@H](COCc1ccccc1)c1nnc2c(N3CCCC3)cc(Cl)cn12.CC(C)(N)C(=O)N[C@H](COCc1ccccc1)c1nnc2ccc(Cl)cn12.CC(C)(N)C(=O)N[C@H](COCc1ccccc1)c1nnc2cccc(COC(=O)NCCCCO)n12. The van der Waals surface area contributed by atoms with Crippen LogP contribution in [0.2, 0.25) is 20.1 Å². The van der Waals surface area contributed by atoms with Gasteiger partial charge in [-0.3, -0.25) is 36.8 Å². The molecule has 123 heavy (non-hydrogen) atoms. The molecule has 0 unspecified atom stereocenters. The van der Waals surface area contributed by atoms with Crippen LogP contribution in [0.15, 0.2) is 182 Å². The highest BCUT2D eigenvalue weighted by molar-refractivity contribution is 6.36. The lowest BCUT2D eigenvalue weighted by atomic mass is 10.1. The number of halogens is 4. The molecule has 0 radical (unpaired) electrons. The van der Waals surface area contributed by atoms with E-state index in [-0.39, 0.29) is 63.3 Å². The molecule has 14 N–H and O–H groups in total. The van der Waals surface area contributed by atoms with E-state index in [9.17, 15) is 24.0 Å². The van der Waals surface area contributed by atoms with Crippen LogP contribution in [0.1, 0.15) is 156 Å². The second-order valence-corrected chi connectivity index (χ2v) is 33.3. The summed E-state index contributed by atoms with van der Waals surface area (Å²) in [6.07, 6.45) is 8.07. The fraction of sp³-hybridized carbons (Fsp3) is 0.384. The second kappa shape index (κ2) is 44.4. The van der Waals surface area contributed by atoms with Crippen molar-refractivity contribution in [3.05, 3.63) is 254 Å². The van der Waals surface area contributed by atoms with Crippen molar-refractivity contribution < 1.29 is 52.8 Å². The first-order valence-electron chi connectivity index (χ1n) is 39.9. The Morgan fingerprint density at radius 3 is 1.24 bits per heavy atom. The number of carbonyl (C=O) groups excluding carboxylic acids is 5. The van der Waals surface area contributed by atoms with Crippen LogP contribution < -0.4 is 54.4 Å². The molecule has 5 amide bonds. The van der Waals surface area contributed by atoms with E-state index in [2.05, 4.69) is 72.3 Å². The maximum atomic E-state index is 12.7. The van der Waals surface area contributed by atoms with E-state index in [4.69, 9.17) is 98.1 Å². The summed E-state index contributed by atoms with van der Waals surface area (Å²) < 4.78 is 35.9. The van der Waals surface area contributed by atoms with Gasteiger partial charge < -0.3 is 83.2 Å². The number of nitrogens with two attached hydrogens (primary N) is 4. The number of aromatic nitrogens is 12. The number of anilines is 1. The van der Waals surface area contributed by atoms with Crippen molar-refractivity contribution in [3.63, 3.8) is 0 Å².